The third-order valence-corrected chi connectivity index (χ3v) is 4.50. The SMILES string of the molecule is CCNc1ccc(C(=O)NC2CN3CCC2CC3)cc1. The number of nitrogens with zero attached hydrogens (tertiary/aromatic N) is 1. The van der Waals surface area contributed by atoms with Crippen LogP contribution in [-0.2, 0) is 0 Å². The molecule has 0 radical (unpaired) electrons. The third-order valence-electron chi connectivity index (χ3n) is 4.50. The van der Waals surface area contributed by atoms with Crippen molar-refractivity contribution in [2.45, 2.75) is 25.8 Å². The van der Waals surface area contributed by atoms with E-state index in [-0.39, 0.29) is 5.91 Å². The van der Waals surface area contributed by atoms with E-state index in [2.05, 4.69) is 22.5 Å². The van der Waals surface area contributed by atoms with Gasteiger partial charge in [0.25, 0.3) is 5.91 Å². The van der Waals surface area contributed by atoms with Gasteiger partial charge in [0.2, 0.25) is 0 Å². The summed E-state index contributed by atoms with van der Waals surface area (Å²) in [7, 11) is 0. The van der Waals surface area contributed by atoms with Gasteiger partial charge in [0.15, 0.2) is 0 Å². The molecule has 0 spiro atoms. The molecule has 20 heavy (non-hydrogen) atoms. The number of amides is 1. The molecular weight excluding hydrogens is 250 g/mol. The van der Waals surface area contributed by atoms with Crippen molar-refractivity contribution >= 4 is 11.6 Å². The van der Waals surface area contributed by atoms with Gasteiger partial charge in [-0.05, 0) is 63.0 Å². The average molecular weight is 273 g/mol. The molecule has 3 fully saturated rings. The first-order valence-electron chi connectivity index (χ1n) is 7.63. The highest BCUT2D eigenvalue weighted by molar-refractivity contribution is 5.94. The van der Waals surface area contributed by atoms with E-state index in [0.717, 1.165) is 24.3 Å². The number of anilines is 1. The van der Waals surface area contributed by atoms with Gasteiger partial charge in [-0.15, -0.1) is 0 Å². The molecule has 1 amide bonds. The lowest BCUT2D eigenvalue weighted by atomic mass is 9.84. The van der Waals surface area contributed by atoms with Crippen LogP contribution >= 0.6 is 0 Å². The molecule has 1 unspecified atom stereocenters. The van der Waals surface area contributed by atoms with E-state index in [1.807, 2.05) is 24.3 Å². The Morgan fingerprint density at radius 3 is 2.50 bits per heavy atom. The van der Waals surface area contributed by atoms with E-state index >= 15 is 0 Å². The van der Waals surface area contributed by atoms with Crippen molar-refractivity contribution in [3.63, 3.8) is 0 Å². The molecule has 3 heterocycles. The predicted octanol–water partition coefficient (Wildman–Crippen LogP) is 1.94. The molecule has 0 aliphatic carbocycles. The highest BCUT2D eigenvalue weighted by atomic mass is 16.1. The van der Waals surface area contributed by atoms with Crippen molar-refractivity contribution in [2.75, 3.05) is 31.5 Å². The molecule has 4 heteroatoms. The van der Waals surface area contributed by atoms with Crippen LogP contribution in [0, 0.1) is 5.92 Å². The second kappa shape index (κ2) is 5.83. The van der Waals surface area contributed by atoms with Crippen LogP contribution in [0.4, 0.5) is 5.69 Å². The van der Waals surface area contributed by atoms with E-state index in [1.54, 1.807) is 0 Å². The summed E-state index contributed by atoms with van der Waals surface area (Å²) in [6.45, 7) is 6.38. The van der Waals surface area contributed by atoms with Crippen molar-refractivity contribution < 1.29 is 4.79 Å². The normalized spacial score (nSPS) is 28.1. The number of hydrogen-bond acceptors (Lipinski definition) is 3. The summed E-state index contributed by atoms with van der Waals surface area (Å²) in [5.41, 5.74) is 1.81. The lowest BCUT2D eigenvalue weighted by Crippen LogP contribution is -2.57. The topological polar surface area (TPSA) is 44.4 Å². The third kappa shape index (κ3) is 2.80. The molecular formula is C16H23N3O. The van der Waals surface area contributed by atoms with Crippen LogP contribution in [0.1, 0.15) is 30.1 Å². The predicted molar refractivity (Wildman–Crippen MR) is 81.0 cm³/mol. The molecule has 1 atom stereocenters. The smallest absolute Gasteiger partial charge is 0.251 e. The molecule has 2 bridgehead atoms. The molecule has 4 nitrogen and oxygen atoms in total. The van der Waals surface area contributed by atoms with Gasteiger partial charge in [-0.1, -0.05) is 0 Å². The number of rotatable bonds is 4. The van der Waals surface area contributed by atoms with Crippen LogP contribution in [0.15, 0.2) is 24.3 Å². The summed E-state index contributed by atoms with van der Waals surface area (Å²) in [6.07, 6.45) is 2.45. The van der Waals surface area contributed by atoms with E-state index < -0.39 is 0 Å². The number of carbonyl (C=O) groups is 1. The van der Waals surface area contributed by atoms with Crippen molar-refractivity contribution in [1.82, 2.24) is 10.2 Å². The zero-order valence-corrected chi connectivity index (χ0v) is 12.1. The van der Waals surface area contributed by atoms with E-state index in [4.69, 9.17) is 0 Å². The molecule has 3 aliphatic heterocycles. The van der Waals surface area contributed by atoms with Gasteiger partial charge in [-0.3, -0.25) is 4.79 Å². The van der Waals surface area contributed by atoms with Crippen LogP contribution < -0.4 is 10.6 Å². The highest BCUT2D eigenvalue weighted by Gasteiger charge is 2.34. The number of hydrogen-bond donors (Lipinski definition) is 2. The van der Waals surface area contributed by atoms with Crippen LogP contribution in [0.2, 0.25) is 0 Å². The Balaban J connectivity index is 1.61. The quantitative estimate of drug-likeness (QED) is 0.881. The molecule has 3 saturated heterocycles. The Bertz CT molecular complexity index is 463. The monoisotopic (exact) mass is 273 g/mol. The van der Waals surface area contributed by atoms with Crippen LogP contribution in [0.25, 0.3) is 0 Å². The Morgan fingerprint density at radius 2 is 1.95 bits per heavy atom. The second-order valence-corrected chi connectivity index (χ2v) is 5.83. The van der Waals surface area contributed by atoms with Gasteiger partial charge in [-0.2, -0.15) is 0 Å². The van der Waals surface area contributed by atoms with Crippen molar-refractivity contribution in [2.24, 2.45) is 5.92 Å². The lowest BCUT2D eigenvalue weighted by Gasteiger charge is -2.44. The fraction of sp³-hybridized carbons (Fsp3) is 0.562. The maximum atomic E-state index is 12.3. The minimum atomic E-state index is 0.0619. The number of piperidine rings is 3. The van der Waals surface area contributed by atoms with Gasteiger partial charge in [-0.25, -0.2) is 0 Å². The van der Waals surface area contributed by atoms with Gasteiger partial charge in [0.05, 0.1) is 0 Å². The summed E-state index contributed by atoms with van der Waals surface area (Å²) in [4.78, 5) is 14.8. The minimum Gasteiger partial charge on any atom is -0.385 e. The zero-order chi connectivity index (χ0) is 13.9. The zero-order valence-electron chi connectivity index (χ0n) is 12.1. The Labute approximate surface area is 120 Å². The fourth-order valence-corrected chi connectivity index (χ4v) is 3.32. The number of nitrogens with one attached hydrogen (secondary N) is 2. The Morgan fingerprint density at radius 1 is 1.25 bits per heavy atom. The van der Waals surface area contributed by atoms with Gasteiger partial charge < -0.3 is 15.5 Å². The number of carbonyl (C=O) groups excluding carboxylic acids is 1. The Hall–Kier alpha value is -1.55. The van der Waals surface area contributed by atoms with Crippen LogP contribution in [-0.4, -0.2) is 43.0 Å². The molecule has 3 aliphatic rings. The number of fused-ring (bicyclic) bond motifs is 3. The summed E-state index contributed by atoms with van der Waals surface area (Å²) in [5, 5.41) is 6.46. The Kier molecular flexibility index (Phi) is 3.92. The first-order chi connectivity index (χ1) is 9.76. The molecule has 1 aromatic rings. The van der Waals surface area contributed by atoms with Crippen molar-refractivity contribution in [3.05, 3.63) is 29.8 Å². The first kappa shape index (κ1) is 13.4. The largest absolute Gasteiger partial charge is 0.385 e. The summed E-state index contributed by atoms with van der Waals surface area (Å²) in [5.74, 6) is 0.733. The van der Waals surface area contributed by atoms with E-state index in [9.17, 15) is 4.79 Å². The highest BCUT2D eigenvalue weighted by Crippen LogP contribution is 2.27. The molecule has 1 aromatic carbocycles. The van der Waals surface area contributed by atoms with Crippen LogP contribution in [0.5, 0.6) is 0 Å². The van der Waals surface area contributed by atoms with E-state index in [0.29, 0.717) is 12.0 Å². The second-order valence-electron chi connectivity index (χ2n) is 5.83. The van der Waals surface area contributed by atoms with Crippen molar-refractivity contribution in [3.8, 4) is 0 Å². The first-order valence-corrected chi connectivity index (χ1v) is 7.63. The molecule has 4 rings (SSSR count). The van der Waals surface area contributed by atoms with Gasteiger partial charge in [0, 0.05) is 30.4 Å². The maximum absolute atomic E-state index is 12.3. The van der Waals surface area contributed by atoms with Gasteiger partial charge in [0.1, 0.15) is 0 Å². The summed E-state index contributed by atoms with van der Waals surface area (Å²) >= 11 is 0. The molecule has 0 saturated carbocycles. The van der Waals surface area contributed by atoms with Crippen LogP contribution in [0.3, 0.4) is 0 Å². The fourth-order valence-electron chi connectivity index (χ4n) is 3.32. The average Bonchev–Trinajstić information content (AvgIpc) is 2.49. The summed E-state index contributed by atoms with van der Waals surface area (Å²) in [6, 6.07) is 8.06. The molecule has 108 valence electrons. The standard InChI is InChI=1S/C16H23N3O/c1-2-17-14-5-3-13(4-6-14)16(20)18-15-11-19-9-7-12(15)8-10-19/h3-6,12,15,17H,2,7-11H2,1H3,(H,18,20). The molecule has 2 N–H and O–H groups in total. The van der Waals surface area contributed by atoms with E-state index in [1.165, 1.54) is 25.9 Å². The maximum Gasteiger partial charge on any atom is 0.251 e. The lowest BCUT2D eigenvalue weighted by molar-refractivity contribution is 0.0620. The van der Waals surface area contributed by atoms with Crippen molar-refractivity contribution in [1.29, 1.82) is 0 Å². The number of benzene rings is 1. The van der Waals surface area contributed by atoms with Gasteiger partial charge >= 0.3 is 0 Å². The minimum absolute atomic E-state index is 0.0619. The summed E-state index contributed by atoms with van der Waals surface area (Å²) < 4.78 is 0. The molecule has 0 aromatic heterocycles.